The van der Waals surface area contributed by atoms with E-state index in [2.05, 4.69) is 19.1 Å². The minimum atomic E-state index is 0.259. The van der Waals surface area contributed by atoms with Crippen LogP contribution in [-0.4, -0.2) is 28.9 Å². The third-order valence-electron chi connectivity index (χ3n) is 3.48. The quantitative estimate of drug-likeness (QED) is 0.831. The van der Waals surface area contributed by atoms with E-state index < -0.39 is 0 Å². The van der Waals surface area contributed by atoms with Crippen molar-refractivity contribution >= 4 is 17.7 Å². The van der Waals surface area contributed by atoms with Gasteiger partial charge in [-0.15, -0.1) is 0 Å². The maximum Gasteiger partial charge on any atom is 0.226 e. The van der Waals surface area contributed by atoms with E-state index in [4.69, 9.17) is 0 Å². The second-order valence-corrected chi connectivity index (χ2v) is 5.95. The lowest BCUT2D eigenvalue weighted by Gasteiger charge is -2.28. The highest BCUT2D eigenvalue weighted by molar-refractivity contribution is 7.99. The number of thioether (sulfide) groups is 1. The first-order valence-corrected chi connectivity index (χ1v) is 7.87. The largest absolute Gasteiger partial charge is 0.338 e. The number of amides is 1. The lowest BCUT2D eigenvalue weighted by atomic mass is 10.0. The molecular weight excluding hydrogens is 242 g/mol. The Kier molecular flexibility index (Phi) is 5.12. The lowest BCUT2D eigenvalue weighted by molar-refractivity contribution is -0.136. The zero-order valence-corrected chi connectivity index (χ0v) is 11.8. The summed E-state index contributed by atoms with van der Waals surface area (Å²) in [5, 5.41) is 0. The summed E-state index contributed by atoms with van der Waals surface area (Å²) >= 11 is 1.97. The second-order valence-electron chi connectivity index (χ2n) is 4.72. The standard InChI is InChI=1S/C15H21NOS/c1-2-16(12-13-6-4-3-5-7-13)15(17)14-8-10-18-11-9-14/h3-7,14H,2,8-12H2,1H3. The summed E-state index contributed by atoms with van der Waals surface area (Å²) < 4.78 is 0. The van der Waals surface area contributed by atoms with Gasteiger partial charge >= 0.3 is 0 Å². The van der Waals surface area contributed by atoms with Crippen molar-refractivity contribution in [1.29, 1.82) is 0 Å². The van der Waals surface area contributed by atoms with E-state index in [1.165, 1.54) is 5.56 Å². The van der Waals surface area contributed by atoms with Gasteiger partial charge in [0.2, 0.25) is 5.91 Å². The number of benzene rings is 1. The van der Waals surface area contributed by atoms with Crippen LogP contribution in [0.4, 0.5) is 0 Å². The summed E-state index contributed by atoms with van der Waals surface area (Å²) in [6.45, 7) is 3.62. The van der Waals surface area contributed by atoms with E-state index >= 15 is 0 Å². The molecule has 0 radical (unpaired) electrons. The molecule has 1 heterocycles. The third-order valence-corrected chi connectivity index (χ3v) is 4.53. The molecule has 2 nitrogen and oxygen atoms in total. The molecule has 0 bridgehead atoms. The Balaban J connectivity index is 1.97. The molecule has 1 amide bonds. The first-order chi connectivity index (χ1) is 8.81. The van der Waals surface area contributed by atoms with Crippen LogP contribution in [0.25, 0.3) is 0 Å². The first kappa shape index (κ1) is 13.5. The van der Waals surface area contributed by atoms with Crippen LogP contribution in [0.2, 0.25) is 0 Å². The normalized spacial score (nSPS) is 16.5. The van der Waals surface area contributed by atoms with Crippen LogP contribution in [0.5, 0.6) is 0 Å². The highest BCUT2D eigenvalue weighted by atomic mass is 32.2. The summed E-state index contributed by atoms with van der Waals surface area (Å²) in [6, 6.07) is 10.3. The Morgan fingerprint density at radius 2 is 1.94 bits per heavy atom. The number of carbonyl (C=O) groups is 1. The average molecular weight is 263 g/mol. The van der Waals surface area contributed by atoms with Crippen LogP contribution in [0.15, 0.2) is 30.3 Å². The highest BCUT2D eigenvalue weighted by Gasteiger charge is 2.25. The summed E-state index contributed by atoms with van der Waals surface area (Å²) in [4.78, 5) is 14.4. The molecule has 98 valence electrons. The third kappa shape index (κ3) is 3.52. The number of rotatable bonds is 4. The van der Waals surface area contributed by atoms with Crippen molar-refractivity contribution in [3.8, 4) is 0 Å². The number of hydrogen-bond donors (Lipinski definition) is 0. The van der Waals surface area contributed by atoms with E-state index in [0.717, 1.165) is 37.4 Å². The van der Waals surface area contributed by atoms with Gasteiger partial charge in [0.05, 0.1) is 0 Å². The summed E-state index contributed by atoms with van der Waals surface area (Å²) in [7, 11) is 0. The molecule has 0 atom stereocenters. The Bertz CT molecular complexity index is 373. The van der Waals surface area contributed by atoms with Gasteiger partial charge in [0, 0.05) is 19.0 Å². The molecule has 1 aliphatic rings. The van der Waals surface area contributed by atoms with Crippen molar-refractivity contribution in [3.05, 3.63) is 35.9 Å². The molecule has 0 spiro atoms. The molecule has 1 aliphatic heterocycles. The van der Waals surface area contributed by atoms with Gasteiger partial charge in [-0.2, -0.15) is 11.8 Å². The van der Waals surface area contributed by atoms with Crippen molar-refractivity contribution in [1.82, 2.24) is 4.90 Å². The zero-order valence-electron chi connectivity index (χ0n) is 11.0. The molecule has 0 aliphatic carbocycles. The Hall–Kier alpha value is -0.960. The number of nitrogens with zero attached hydrogens (tertiary/aromatic N) is 1. The van der Waals surface area contributed by atoms with Crippen LogP contribution in [-0.2, 0) is 11.3 Å². The molecule has 0 saturated carbocycles. The van der Waals surface area contributed by atoms with Crippen molar-refractivity contribution in [2.45, 2.75) is 26.3 Å². The second kappa shape index (κ2) is 6.83. The summed E-state index contributed by atoms with van der Waals surface area (Å²) in [5.74, 6) is 2.88. The van der Waals surface area contributed by atoms with Gasteiger partial charge in [0.25, 0.3) is 0 Å². The van der Waals surface area contributed by atoms with E-state index in [1.807, 2.05) is 34.9 Å². The minimum absolute atomic E-state index is 0.259. The predicted octanol–water partition coefficient (Wildman–Crippen LogP) is 3.18. The van der Waals surface area contributed by atoms with Crippen molar-refractivity contribution in [2.75, 3.05) is 18.1 Å². The molecule has 2 rings (SSSR count). The summed E-state index contributed by atoms with van der Waals surface area (Å²) in [5.41, 5.74) is 1.22. The van der Waals surface area contributed by atoms with Gasteiger partial charge in [-0.25, -0.2) is 0 Å². The van der Waals surface area contributed by atoms with Crippen molar-refractivity contribution in [2.24, 2.45) is 5.92 Å². The Morgan fingerprint density at radius 3 is 2.56 bits per heavy atom. The SMILES string of the molecule is CCN(Cc1ccccc1)C(=O)C1CCSCC1. The molecule has 1 saturated heterocycles. The topological polar surface area (TPSA) is 20.3 Å². The van der Waals surface area contributed by atoms with Gasteiger partial charge in [0.15, 0.2) is 0 Å². The molecule has 1 aromatic carbocycles. The van der Waals surface area contributed by atoms with Gasteiger partial charge < -0.3 is 4.90 Å². The maximum atomic E-state index is 12.5. The number of carbonyl (C=O) groups excluding carboxylic acids is 1. The van der Waals surface area contributed by atoms with Gasteiger partial charge in [0.1, 0.15) is 0 Å². The maximum absolute atomic E-state index is 12.5. The molecule has 1 fully saturated rings. The molecule has 1 aromatic rings. The van der Waals surface area contributed by atoms with Crippen molar-refractivity contribution in [3.63, 3.8) is 0 Å². The van der Waals surface area contributed by atoms with Crippen LogP contribution in [0.1, 0.15) is 25.3 Å². The van der Waals surface area contributed by atoms with E-state index in [1.54, 1.807) is 0 Å². The number of hydrogen-bond acceptors (Lipinski definition) is 2. The monoisotopic (exact) mass is 263 g/mol. The fourth-order valence-corrected chi connectivity index (χ4v) is 3.46. The van der Waals surface area contributed by atoms with Crippen LogP contribution in [0, 0.1) is 5.92 Å². The van der Waals surface area contributed by atoms with E-state index in [-0.39, 0.29) is 5.92 Å². The fourth-order valence-electron chi connectivity index (χ4n) is 2.35. The van der Waals surface area contributed by atoms with Crippen LogP contribution >= 0.6 is 11.8 Å². The molecular formula is C15H21NOS. The van der Waals surface area contributed by atoms with Gasteiger partial charge in [-0.3, -0.25) is 4.79 Å². The lowest BCUT2D eigenvalue weighted by Crippen LogP contribution is -2.37. The Morgan fingerprint density at radius 1 is 1.28 bits per heavy atom. The van der Waals surface area contributed by atoms with E-state index in [0.29, 0.717) is 5.91 Å². The molecule has 0 aromatic heterocycles. The van der Waals surface area contributed by atoms with E-state index in [9.17, 15) is 4.79 Å². The van der Waals surface area contributed by atoms with Crippen LogP contribution in [0.3, 0.4) is 0 Å². The predicted molar refractivity (Wildman–Crippen MR) is 77.6 cm³/mol. The summed E-state index contributed by atoms with van der Waals surface area (Å²) in [6.07, 6.45) is 2.10. The minimum Gasteiger partial charge on any atom is -0.338 e. The Labute approximate surface area is 114 Å². The van der Waals surface area contributed by atoms with Gasteiger partial charge in [-0.05, 0) is 36.8 Å². The van der Waals surface area contributed by atoms with Gasteiger partial charge in [-0.1, -0.05) is 30.3 Å². The first-order valence-electron chi connectivity index (χ1n) is 6.71. The molecule has 18 heavy (non-hydrogen) atoms. The zero-order chi connectivity index (χ0) is 12.8. The van der Waals surface area contributed by atoms with Crippen LogP contribution < -0.4 is 0 Å². The van der Waals surface area contributed by atoms with Crippen molar-refractivity contribution < 1.29 is 4.79 Å². The fraction of sp³-hybridized carbons (Fsp3) is 0.533. The molecule has 3 heteroatoms. The smallest absolute Gasteiger partial charge is 0.226 e. The molecule has 0 unspecified atom stereocenters. The highest BCUT2D eigenvalue weighted by Crippen LogP contribution is 2.25. The average Bonchev–Trinajstić information content (AvgIpc) is 2.46. The molecule has 0 N–H and O–H groups in total.